The van der Waals surface area contributed by atoms with Gasteiger partial charge in [-0.3, -0.25) is 0 Å². The minimum atomic E-state index is 1.08. The second kappa shape index (κ2) is 1.80. The third-order valence-electron chi connectivity index (χ3n) is 2.01. The van der Waals surface area contributed by atoms with E-state index in [1.807, 2.05) is 0 Å². The normalized spacial score (nSPS) is 61.3. The van der Waals surface area contributed by atoms with Gasteiger partial charge in [0.2, 0.25) is 0 Å². The highest BCUT2D eigenvalue weighted by Gasteiger charge is 2.55. The molecule has 0 saturated carbocycles. The number of hydrogen-bond donors (Lipinski definition) is 0. The van der Waals surface area contributed by atoms with Gasteiger partial charge in [0.05, 0.1) is 0 Å². The van der Waals surface area contributed by atoms with Crippen molar-refractivity contribution >= 4 is 35.3 Å². The second-order valence-corrected chi connectivity index (χ2v) is 6.71. The van der Waals surface area contributed by atoms with Gasteiger partial charge in [-0.05, 0) is 0 Å². The van der Waals surface area contributed by atoms with Crippen LogP contribution in [0.5, 0.6) is 0 Å². The Labute approximate surface area is 67.9 Å². The lowest BCUT2D eigenvalue weighted by Crippen LogP contribution is -2.04. The molecule has 0 spiro atoms. The molecule has 3 rings (SSSR count). The molecule has 4 atom stereocenters. The quantitative estimate of drug-likeness (QED) is 0.588. The molecular weight excluding hydrogens is 168 g/mol. The summed E-state index contributed by atoms with van der Waals surface area (Å²) >= 11 is 6.55. The molecule has 0 aromatic carbocycles. The fourth-order valence-corrected chi connectivity index (χ4v) is 5.07. The Morgan fingerprint density at radius 2 is 1.33 bits per heavy atom. The molecule has 4 unspecified atom stereocenters. The van der Waals surface area contributed by atoms with Crippen molar-refractivity contribution < 1.29 is 0 Å². The van der Waals surface area contributed by atoms with Crippen LogP contribution in [-0.2, 0) is 0 Å². The van der Waals surface area contributed by atoms with Crippen LogP contribution < -0.4 is 0 Å². The van der Waals surface area contributed by atoms with E-state index in [2.05, 4.69) is 35.3 Å². The van der Waals surface area contributed by atoms with Crippen molar-refractivity contribution in [2.24, 2.45) is 0 Å². The molecule has 0 aliphatic carbocycles. The van der Waals surface area contributed by atoms with Crippen LogP contribution in [0.1, 0.15) is 0 Å². The zero-order valence-electron chi connectivity index (χ0n) is 4.95. The van der Waals surface area contributed by atoms with Gasteiger partial charge < -0.3 is 0 Å². The van der Waals surface area contributed by atoms with Gasteiger partial charge in [-0.25, -0.2) is 0 Å². The van der Waals surface area contributed by atoms with E-state index in [4.69, 9.17) is 0 Å². The van der Waals surface area contributed by atoms with E-state index in [9.17, 15) is 0 Å². The summed E-state index contributed by atoms with van der Waals surface area (Å²) in [4.78, 5) is 0. The molecule has 0 amide bonds. The zero-order chi connectivity index (χ0) is 5.84. The fraction of sp³-hybridized carbons (Fsp3) is 1.00. The Morgan fingerprint density at radius 3 is 1.67 bits per heavy atom. The van der Waals surface area contributed by atoms with Crippen LogP contribution >= 0.6 is 35.3 Å². The van der Waals surface area contributed by atoms with Gasteiger partial charge in [-0.1, -0.05) is 0 Å². The lowest BCUT2D eigenvalue weighted by molar-refractivity contribution is 0.920. The van der Waals surface area contributed by atoms with E-state index in [0.717, 1.165) is 21.0 Å². The minimum absolute atomic E-state index is 1.08. The van der Waals surface area contributed by atoms with Crippen molar-refractivity contribution in [2.75, 3.05) is 11.5 Å². The summed E-state index contributed by atoms with van der Waals surface area (Å²) in [5, 5.41) is 4.35. The summed E-state index contributed by atoms with van der Waals surface area (Å²) < 4.78 is 0. The summed E-state index contributed by atoms with van der Waals surface area (Å²) in [7, 11) is 0. The number of rotatable bonds is 2. The van der Waals surface area contributed by atoms with Gasteiger partial charge in [0.15, 0.2) is 0 Å². The molecule has 9 heavy (non-hydrogen) atoms. The monoisotopic (exact) mass is 176 g/mol. The number of hydrogen-bond acceptors (Lipinski definition) is 3. The van der Waals surface area contributed by atoms with Crippen molar-refractivity contribution in [3.8, 4) is 0 Å². The maximum absolute atomic E-state index is 2.24. The molecule has 0 aromatic rings. The van der Waals surface area contributed by atoms with Crippen LogP contribution in [0.25, 0.3) is 0 Å². The molecule has 3 heterocycles. The maximum Gasteiger partial charge on any atom is 0.0308 e. The van der Waals surface area contributed by atoms with Gasteiger partial charge >= 0.3 is 0 Å². The predicted molar refractivity (Wildman–Crippen MR) is 47.7 cm³/mol. The molecule has 0 bridgehead atoms. The minimum Gasteiger partial charge on any atom is -0.155 e. The Morgan fingerprint density at radius 1 is 0.889 bits per heavy atom. The van der Waals surface area contributed by atoms with Crippen molar-refractivity contribution in [1.29, 1.82) is 0 Å². The lowest BCUT2D eigenvalue weighted by Gasteiger charge is -1.84. The molecule has 0 radical (unpaired) electrons. The summed E-state index contributed by atoms with van der Waals surface area (Å²) in [6, 6.07) is 0. The molecule has 3 aliphatic rings. The second-order valence-electron chi connectivity index (χ2n) is 2.81. The average molecular weight is 176 g/mol. The third-order valence-corrected chi connectivity index (χ3v) is 5.94. The van der Waals surface area contributed by atoms with Crippen molar-refractivity contribution in [3.05, 3.63) is 0 Å². The first-order valence-corrected chi connectivity index (χ1v) is 6.38. The first-order chi connectivity index (χ1) is 4.45. The molecule has 0 N–H and O–H groups in total. The van der Waals surface area contributed by atoms with Crippen LogP contribution in [0.15, 0.2) is 0 Å². The maximum atomic E-state index is 2.24. The summed E-state index contributed by atoms with van der Waals surface area (Å²) in [6.45, 7) is 0. The largest absolute Gasteiger partial charge is 0.155 e. The first-order valence-electron chi connectivity index (χ1n) is 3.34. The summed E-state index contributed by atoms with van der Waals surface area (Å²) in [5.74, 6) is 2.93. The molecule has 0 nitrogen and oxygen atoms in total. The third kappa shape index (κ3) is 1.02. The van der Waals surface area contributed by atoms with Crippen molar-refractivity contribution in [3.63, 3.8) is 0 Å². The predicted octanol–water partition coefficient (Wildman–Crippen LogP) is 1.70. The molecule has 0 aromatic heterocycles. The molecular formula is C6H8S3. The van der Waals surface area contributed by atoms with E-state index in [-0.39, 0.29) is 0 Å². The van der Waals surface area contributed by atoms with Crippen LogP contribution in [0.2, 0.25) is 0 Å². The fourth-order valence-electron chi connectivity index (χ4n) is 1.22. The molecule has 3 fully saturated rings. The van der Waals surface area contributed by atoms with E-state index in [1.165, 1.54) is 11.5 Å². The van der Waals surface area contributed by atoms with Gasteiger partial charge in [-0.15, -0.1) is 0 Å². The van der Waals surface area contributed by atoms with Gasteiger partial charge in [0.25, 0.3) is 0 Å². The molecule has 3 saturated heterocycles. The highest BCUT2D eigenvalue weighted by molar-refractivity contribution is 8.14. The van der Waals surface area contributed by atoms with Crippen LogP contribution in [-0.4, -0.2) is 32.5 Å². The Bertz CT molecular complexity index is 123. The lowest BCUT2D eigenvalue weighted by atomic mass is 10.2. The van der Waals surface area contributed by atoms with Crippen LogP contribution in [0, 0.1) is 0 Å². The summed E-state index contributed by atoms with van der Waals surface area (Å²) in [5.41, 5.74) is 0. The van der Waals surface area contributed by atoms with E-state index in [0.29, 0.717) is 0 Å². The number of thioether (sulfide) groups is 3. The molecule has 50 valence electrons. The SMILES string of the molecule is C1SC1C1SC1C1CS1. The highest BCUT2D eigenvalue weighted by Crippen LogP contribution is 2.60. The zero-order valence-corrected chi connectivity index (χ0v) is 7.40. The van der Waals surface area contributed by atoms with Crippen molar-refractivity contribution in [1.82, 2.24) is 0 Å². The Balaban J connectivity index is 1.61. The van der Waals surface area contributed by atoms with E-state index < -0.39 is 0 Å². The average Bonchev–Trinajstić information content (AvgIpc) is 2.67. The molecule has 3 heteroatoms. The van der Waals surface area contributed by atoms with E-state index in [1.54, 1.807) is 0 Å². The van der Waals surface area contributed by atoms with Gasteiger partial charge in [-0.2, -0.15) is 35.3 Å². The van der Waals surface area contributed by atoms with E-state index >= 15 is 0 Å². The van der Waals surface area contributed by atoms with Gasteiger partial charge in [0.1, 0.15) is 0 Å². The summed E-state index contributed by atoms with van der Waals surface area (Å²) in [6.07, 6.45) is 0. The Hall–Kier alpha value is 1.05. The Kier molecular flexibility index (Phi) is 1.13. The topological polar surface area (TPSA) is 0 Å². The van der Waals surface area contributed by atoms with Gasteiger partial charge in [0, 0.05) is 32.5 Å². The first kappa shape index (κ1) is 5.67. The smallest absolute Gasteiger partial charge is 0.0308 e. The molecule has 3 aliphatic heterocycles. The standard InChI is InChI=1S/C6H8S3/c1-3(7-1)5-6(9-5)4-2-8-4/h3-6H,1-2H2. The van der Waals surface area contributed by atoms with Crippen molar-refractivity contribution in [2.45, 2.75) is 21.0 Å². The highest BCUT2D eigenvalue weighted by atomic mass is 32.2. The van der Waals surface area contributed by atoms with Crippen LogP contribution in [0.3, 0.4) is 0 Å². The van der Waals surface area contributed by atoms with Crippen LogP contribution in [0.4, 0.5) is 0 Å².